The Morgan fingerprint density at radius 3 is 2.38 bits per heavy atom. The van der Waals surface area contributed by atoms with E-state index in [9.17, 15) is 4.79 Å². The Hall–Kier alpha value is -3.21. The van der Waals surface area contributed by atoms with Crippen LogP contribution < -0.4 is 10.2 Å². The SMILES string of the molecule is O=C(NC1CC1)c1ccnc(N(Cc2ccccc2)c2ccccc2)n1. The number of anilines is 2. The molecule has 1 N–H and O–H groups in total. The van der Waals surface area contributed by atoms with Crippen LogP contribution in [-0.4, -0.2) is 21.9 Å². The fourth-order valence-electron chi connectivity index (χ4n) is 2.74. The van der Waals surface area contributed by atoms with E-state index in [0.29, 0.717) is 24.2 Å². The van der Waals surface area contributed by atoms with E-state index in [1.807, 2.05) is 53.4 Å². The minimum Gasteiger partial charge on any atom is -0.348 e. The van der Waals surface area contributed by atoms with Crippen molar-refractivity contribution in [2.75, 3.05) is 4.90 Å². The number of hydrogen-bond donors (Lipinski definition) is 1. The molecule has 130 valence electrons. The molecule has 2 aromatic carbocycles. The number of nitrogens with one attached hydrogen (secondary N) is 1. The lowest BCUT2D eigenvalue weighted by molar-refractivity contribution is 0.0946. The van der Waals surface area contributed by atoms with Crippen molar-refractivity contribution in [3.63, 3.8) is 0 Å². The number of nitrogens with zero attached hydrogens (tertiary/aromatic N) is 3. The van der Waals surface area contributed by atoms with Gasteiger partial charge in [0.25, 0.3) is 5.91 Å². The number of benzene rings is 2. The lowest BCUT2D eigenvalue weighted by Gasteiger charge is -2.23. The molecule has 0 atom stereocenters. The van der Waals surface area contributed by atoms with Crippen LogP contribution in [0.1, 0.15) is 28.9 Å². The maximum absolute atomic E-state index is 12.3. The van der Waals surface area contributed by atoms with Gasteiger partial charge >= 0.3 is 0 Å². The molecule has 1 aromatic heterocycles. The highest BCUT2D eigenvalue weighted by Crippen LogP contribution is 2.25. The summed E-state index contributed by atoms with van der Waals surface area (Å²) in [7, 11) is 0. The third-order valence-corrected chi connectivity index (χ3v) is 4.28. The Morgan fingerprint density at radius 1 is 1.00 bits per heavy atom. The van der Waals surface area contributed by atoms with Crippen LogP contribution in [0.4, 0.5) is 11.6 Å². The van der Waals surface area contributed by atoms with E-state index in [-0.39, 0.29) is 5.91 Å². The van der Waals surface area contributed by atoms with E-state index < -0.39 is 0 Å². The molecule has 0 bridgehead atoms. The average Bonchev–Trinajstić information content (AvgIpc) is 3.52. The van der Waals surface area contributed by atoms with Crippen molar-refractivity contribution in [1.82, 2.24) is 15.3 Å². The molecule has 0 spiro atoms. The second-order valence-electron chi connectivity index (χ2n) is 6.40. The van der Waals surface area contributed by atoms with E-state index in [0.717, 1.165) is 24.1 Å². The summed E-state index contributed by atoms with van der Waals surface area (Å²) < 4.78 is 0. The van der Waals surface area contributed by atoms with Crippen LogP contribution in [0.5, 0.6) is 0 Å². The first-order valence-electron chi connectivity index (χ1n) is 8.80. The van der Waals surface area contributed by atoms with E-state index >= 15 is 0 Å². The Balaban J connectivity index is 1.66. The van der Waals surface area contributed by atoms with Crippen LogP contribution in [-0.2, 0) is 6.54 Å². The van der Waals surface area contributed by atoms with Crippen molar-refractivity contribution in [1.29, 1.82) is 0 Å². The monoisotopic (exact) mass is 344 g/mol. The summed E-state index contributed by atoms with van der Waals surface area (Å²) >= 11 is 0. The normalized spacial score (nSPS) is 13.2. The number of carbonyl (C=O) groups excluding carboxylic acids is 1. The highest BCUT2D eigenvalue weighted by Gasteiger charge is 2.25. The second kappa shape index (κ2) is 7.35. The quantitative estimate of drug-likeness (QED) is 0.741. The summed E-state index contributed by atoms with van der Waals surface area (Å²) in [6, 6.07) is 22.1. The molecule has 0 unspecified atom stereocenters. The van der Waals surface area contributed by atoms with Gasteiger partial charge in [0, 0.05) is 17.9 Å². The lowest BCUT2D eigenvalue weighted by atomic mass is 10.2. The number of rotatable bonds is 6. The summed E-state index contributed by atoms with van der Waals surface area (Å²) in [4.78, 5) is 23.3. The van der Waals surface area contributed by atoms with Crippen molar-refractivity contribution >= 4 is 17.5 Å². The Bertz CT molecular complexity index is 879. The maximum Gasteiger partial charge on any atom is 0.270 e. The largest absolute Gasteiger partial charge is 0.348 e. The molecular weight excluding hydrogens is 324 g/mol. The fourth-order valence-corrected chi connectivity index (χ4v) is 2.74. The number of carbonyl (C=O) groups is 1. The number of para-hydroxylation sites is 1. The van der Waals surface area contributed by atoms with Gasteiger partial charge < -0.3 is 10.2 Å². The summed E-state index contributed by atoms with van der Waals surface area (Å²) in [5.74, 6) is 0.382. The molecular formula is C21H20N4O. The van der Waals surface area contributed by atoms with E-state index in [4.69, 9.17) is 0 Å². The van der Waals surface area contributed by atoms with Crippen molar-refractivity contribution in [3.8, 4) is 0 Å². The Labute approximate surface area is 152 Å². The summed E-state index contributed by atoms with van der Waals surface area (Å²) in [5.41, 5.74) is 2.53. The van der Waals surface area contributed by atoms with Crippen LogP contribution in [0.3, 0.4) is 0 Å². The van der Waals surface area contributed by atoms with Crippen LogP contribution in [0.15, 0.2) is 72.9 Å². The van der Waals surface area contributed by atoms with Gasteiger partial charge in [-0.1, -0.05) is 48.5 Å². The predicted molar refractivity (Wildman–Crippen MR) is 101 cm³/mol. The molecule has 4 rings (SSSR count). The maximum atomic E-state index is 12.3. The van der Waals surface area contributed by atoms with Gasteiger partial charge in [-0.05, 0) is 36.6 Å². The van der Waals surface area contributed by atoms with Gasteiger partial charge in [0.2, 0.25) is 5.95 Å². The number of amides is 1. The van der Waals surface area contributed by atoms with E-state index in [2.05, 4.69) is 27.4 Å². The summed E-state index contributed by atoms with van der Waals surface area (Å²) in [6.07, 6.45) is 3.74. The second-order valence-corrected chi connectivity index (χ2v) is 6.40. The third kappa shape index (κ3) is 3.88. The molecule has 1 saturated carbocycles. The van der Waals surface area contributed by atoms with Gasteiger partial charge in [-0.3, -0.25) is 4.79 Å². The molecule has 5 heteroatoms. The molecule has 1 amide bonds. The summed E-state index contributed by atoms with van der Waals surface area (Å²) in [5, 5.41) is 2.98. The standard InChI is InChI=1S/C21H20N4O/c26-20(23-17-11-12-17)19-13-14-22-21(24-19)25(18-9-5-2-6-10-18)15-16-7-3-1-4-8-16/h1-10,13-14,17H,11-12,15H2,(H,23,26). The highest BCUT2D eigenvalue weighted by molar-refractivity contribution is 5.92. The molecule has 5 nitrogen and oxygen atoms in total. The third-order valence-electron chi connectivity index (χ3n) is 4.28. The molecule has 0 radical (unpaired) electrons. The molecule has 0 aliphatic heterocycles. The van der Waals surface area contributed by atoms with Gasteiger partial charge in [-0.25, -0.2) is 9.97 Å². The van der Waals surface area contributed by atoms with Gasteiger partial charge in [0.15, 0.2) is 0 Å². The number of hydrogen-bond acceptors (Lipinski definition) is 4. The van der Waals surface area contributed by atoms with Gasteiger partial charge in [-0.2, -0.15) is 0 Å². The van der Waals surface area contributed by atoms with Crippen molar-refractivity contribution < 1.29 is 4.79 Å². The molecule has 0 saturated heterocycles. The minimum absolute atomic E-state index is 0.135. The first-order valence-corrected chi connectivity index (χ1v) is 8.80. The van der Waals surface area contributed by atoms with E-state index in [1.165, 1.54) is 0 Å². The Morgan fingerprint density at radius 2 is 1.69 bits per heavy atom. The first-order chi connectivity index (χ1) is 12.8. The van der Waals surface area contributed by atoms with Crippen LogP contribution in [0.25, 0.3) is 0 Å². The van der Waals surface area contributed by atoms with Gasteiger partial charge in [-0.15, -0.1) is 0 Å². The summed E-state index contributed by atoms with van der Waals surface area (Å²) in [6.45, 7) is 0.624. The van der Waals surface area contributed by atoms with Crippen LogP contribution in [0.2, 0.25) is 0 Å². The van der Waals surface area contributed by atoms with E-state index in [1.54, 1.807) is 12.3 Å². The predicted octanol–water partition coefficient (Wildman–Crippen LogP) is 3.71. The zero-order valence-electron chi connectivity index (χ0n) is 14.4. The molecule has 26 heavy (non-hydrogen) atoms. The number of aromatic nitrogens is 2. The lowest BCUT2D eigenvalue weighted by Crippen LogP contribution is -2.27. The van der Waals surface area contributed by atoms with Crippen molar-refractivity contribution in [3.05, 3.63) is 84.2 Å². The molecule has 1 aliphatic rings. The van der Waals surface area contributed by atoms with Gasteiger partial charge in [0.05, 0.1) is 6.54 Å². The highest BCUT2D eigenvalue weighted by atomic mass is 16.2. The topological polar surface area (TPSA) is 58.1 Å². The van der Waals surface area contributed by atoms with Crippen molar-refractivity contribution in [2.24, 2.45) is 0 Å². The minimum atomic E-state index is -0.135. The zero-order chi connectivity index (χ0) is 17.8. The molecule has 1 aliphatic carbocycles. The first kappa shape index (κ1) is 16.3. The molecule has 1 fully saturated rings. The van der Waals surface area contributed by atoms with Crippen molar-refractivity contribution in [2.45, 2.75) is 25.4 Å². The zero-order valence-corrected chi connectivity index (χ0v) is 14.4. The molecule has 3 aromatic rings. The smallest absolute Gasteiger partial charge is 0.270 e. The van der Waals surface area contributed by atoms with Crippen LogP contribution >= 0.6 is 0 Å². The fraction of sp³-hybridized carbons (Fsp3) is 0.190. The molecule has 1 heterocycles. The van der Waals surface area contributed by atoms with Crippen LogP contribution in [0, 0.1) is 0 Å². The van der Waals surface area contributed by atoms with Gasteiger partial charge in [0.1, 0.15) is 5.69 Å². The average molecular weight is 344 g/mol. The Kier molecular flexibility index (Phi) is 4.60.